The lowest BCUT2D eigenvalue weighted by Crippen LogP contribution is -2.30. The number of ether oxygens (including phenoxy) is 1. The molecule has 0 saturated carbocycles. The van der Waals surface area contributed by atoms with Crippen LogP contribution in [0, 0.1) is 0 Å². The Morgan fingerprint density at radius 2 is 2.26 bits per heavy atom. The van der Waals surface area contributed by atoms with Crippen molar-refractivity contribution in [3.8, 4) is 10.4 Å². The standard InChI is InChI=1S/C19H19ClN4O2S/c20-12-4-1-3-11(7-12)16-8-14-18(27-16)15(9-17(21)25)23-24-19(14)22-13-5-2-6-26-10-13/h1,3-4,7-8,13H,2,5-6,9-10H2,(H2,21,25)(H,22,24). The molecular formula is C19H19ClN4O2S. The Kier molecular flexibility index (Phi) is 5.24. The molecule has 3 N–H and O–H groups in total. The molecule has 0 bridgehead atoms. The van der Waals surface area contributed by atoms with E-state index in [0.717, 1.165) is 40.0 Å². The van der Waals surface area contributed by atoms with Gasteiger partial charge in [-0.05, 0) is 36.6 Å². The van der Waals surface area contributed by atoms with Gasteiger partial charge in [0.2, 0.25) is 5.91 Å². The minimum atomic E-state index is -0.426. The van der Waals surface area contributed by atoms with Crippen molar-refractivity contribution in [2.24, 2.45) is 5.73 Å². The Morgan fingerprint density at radius 3 is 3.00 bits per heavy atom. The van der Waals surface area contributed by atoms with E-state index in [1.54, 1.807) is 11.3 Å². The predicted molar refractivity (Wildman–Crippen MR) is 108 cm³/mol. The highest BCUT2D eigenvalue weighted by atomic mass is 35.5. The van der Waals surface area contributed by atoms with Crippen LogP contribution in [-0.2, 0) is 16.0 Å². The summed E-state index contributed by atoms with van der Waals surface area (Å²) in [6.07, 6.45) is 2.11. The van der Waals surface area contributed by atoms with Crippen LogP contribution in [0.15, 0.2) is 30.3 Å². The van der Waals surface area contributed by atoms with Crippen molar-refractivity contribution in [2.45, 2.75) is 25.3 Å². The molecule has 3 aromatic rings. The molecule has 8 heteroatoms. The van der Waals surface area contributed by atoms with Crippen molar-refractivity contribution in [1.82, 2.24) is 10.2 Å². The van der Waals surface area contributed by atoms with Crippen LogP contribution in [0.2, 0.25) is 5.02 Å². The first-order valence-corrected chi connectivity index (χ1v) is 9.97. The number of fused-ring (bicyclic) bond motifs is 1. The molecular weight excluding hydrogens is 384 g/mol. The highest BCUT2D eigenvalue weighted by Crippen LogP contribution is 2.38. The first kappa shape index (κ1) is 18.2. The van der Waals surface area contributed by atoms with Gasteiger partial charge in [0.15, 0.2) is 5.82 Å². The van der Waals surface area contributed by atoms with E-state index in [1.807, 2.05) is 24.3 Å². The molecule has 1 aliphatic heterocycles. The van der Waals surface area contributed by atoms with E-state index in [9.17, 15) is 4.79 Å². The average Bonchev–Trinajstić information content (AvgIpc) is 3.10. The van der Waals surface area contributed by atoms with E-state index in [1.165, 1.54) is 0 Å². The zero-order valence-electron chi connectivity index (χ0n) is 14.6. The summed E-state index contributed by atoms with van der Waals surface area (Å²) in [4.78, 5) is 12.5. The average molecular weight is 403 g/mol. The van der Waals surface area contributed by atoms with Crippen molar-refractivity contribution in [2.75, 3.05) is 18.5 Å². The third-order valence-electron chi connectivity index (χ3n) is 4.47. The Labute approximate surface area is 165 Å². The van der Waals surface area contributed by atoms with Gasteiger partial charge in [-0.15, -0.1) is 16.4 Å². The Hall–Kier alpha value is -2.22. The fraction of sp³-hybridized carbons (Fsp3) is 0.316. The van der Waals surface area contributed by atoms with E-state index in [0.29, 0.717) is 23.1 Å². The van der Waals surface area contributed by atoms with Crippen LogP contribution in [0.5, 0.6) is 0 Å². The van der Waals surface area contributed by atoms with Gasteiger partial charge in [0.05, 0.1) is 29.5 Å². The number of thiophene rings is 1. The fourth-order valence-electron chi connectivity index (χ4n) is 3.21. The molecule has 0 radical (unpaired) electrons. The number of hydrogen-bond donors (Lipinski definition) is 2. The van der Waals surface area contributed by atoms with Crippen molar-refractivity contribution in [3.63, 3.8) is 0 Å². The highest BCUT2D eigenvalue weighted by molar-refractivity contribution is 7.22. The topological polar surface area (TPSA) is 90.1 Å². The number of amides is 1. The van der Waals surface area contributed by atoms with E-state index < -0.39 is 5.91 Å². The summed E-state index contributed by atoms with van der Waals surface area (Å²) in [6.45, 7) is 1.45. The molecule has 0 aliphatic carbocycles. The molecule has 1 aromatic carbocycles. The van der Waals surface area contributed by atoms with Crippen LogP contribution in [0.3, 0.4) is 0 Å². The van der Waals surface area contributed by atoms with Gasteiger partial charge in [0.25, 0.3) is 0 Å². The molecule has 1 unspecified atom stereocenters. The second-order valence-electron chi connectivity index (χ2n) is 6.56. The minimum Gasteiger partial charge on any atom is -0.379 e. The molecule has 1 saturated heterocycles. The second-order valence-corrected chi connectivity index (χ2v) is 8.05. The summed E-state index contributed by atoms with van der Waals surface area (Å²) < 4.78 is 6.46. The number of aromatic nitrogens is 2. The van der Waals surface area contributed by atoms with Crippen LogP contribution >= 0.6 is 22.9 Å². The molecule has 0 spiro atoms. The zero-order valence-corrected chi connectivity index (χ0v) is 16.1. The van der Waals surface area contributed by atoms with Crippen molar-refractivity contribution < 1.29 is 9.53 Å². The van der Waals surface area contributed by atoms with Gasteiger partial charge in [-0.2, -0.15) is 5.10 Å². The third-order valence-corrected chi connectivity index (χ3v) is 5.94. The monoisotopic (exact) mass is 402 g/mol. The Bertz CT molecular complexity index is 985. The van der Waals surface area contributed by atoms with Crippen LogP contribution in [-0.4, -0.2) is 35.4 Å². The summed E-state index contributed by atoms with van der Waals surface area (Å²) >= 11 is 7.71. The second kappa shape index (κ2) is 7.80. The van der Waals surface area contributed by atoms with E-state index in [2.05, 4.69) is 21.6 Å². The normalized spacial score (nSPS) is 17.1. The fourth-order valence-corrected chi connectivity index (χ4v) is 4.54. The lowest BCUT2D eigenvalue weighted by Gasteiger charge is -2.23. The van der Waals surface area contributed by atoms with Gasteiger partial charge in [0.1, 0.15) is 0 Å². The van der Waals surface area contributed by atoms with E-state index >= 15 is 0 Å². The predicted octanol–water partition coefficient (Wildman–Crippen LogP) is 3.63. The first-order chi connectivity index (χ1) is 13.1. The summed E-state index contributed by atoms with van der Waals surface area (Å²) in [6, 6.07) is 9.96. The lowest BCUT2D eigenvalue weighted by molar-refractivity contribution is -0.117. The zero-order chi connectivity index (χ0) is 18.8. The maximum Gasteiger partial charge on any atom is 0.223 e. The molecule has 1 atom stereocenters. The quantitative estimate of drug-likeness (QED) is 0.680. The molecule has 4 rings (SSSR count). The largest absolute Gasteiger partial charge is 0.379 e. The number of nitrogens with two attached hydrogens (primary N) is 1. The maximum atomic E-state index is 11.4. The number of anilines is 1. The summed E-state index contributed by atoms with van der Waals surface area (Å²) in [7, 11) is 0. The van der Waals surface area contributed by atoms with Gasteiger partial charge < -0.3 is 15.8 Å². The van der Waals surface area contributed by atoms with E-state index in [-0.39, 0.29) is 12.5 Å². The molecule has 1 fully saturated rings. The molecule has 1 amide bonds. The molecule has 2 aromatic heterocycles. The van der Waals surface area contributed by atoms with Gasteiger partial charge in [-0.3, -0.25) is 4.79 Å². The highest BCUT2D eigenvalue weighted by Gasteiger charge is 2.19. The van der Waals surface area contributed by atoms with Crippen molar-refractivity contribution in [1.29, 1.82) is 0 Å². The Morgan fingerprint density at radius 1 is 1.37 bits per heavy atom. The minimum absolute atomic E-state index is 0.0613. The smallest absolute Gasteiger partial charge is 0.223 e. The van der Waals surface area contributed by atoms with Gasteiger partial charge in [-0.25, -0.2) is 0 Å². The van der Waals surface area contributed by atoms with E-state index in [4.69, 9.17) is 22.1 Å². The van der Waals surface area contributed by atoms with Crippen LogP contribution < -0.4 is 11.1 Å². The Balaban J connectivity index is 1.78. The number of nitrogens with zero attached hydrogens (tertiary/aromatic N) is 2. The SMILES string of the molecule is NC(=O)Cc1nnc(NC2CCCOC2)c2cc(-c3cccc(Cl)c3)sc12. The van der Waals surface area contributed by atoms with Crippen molar-refractivity contribution >= 4 is 44.7 Å². The van der Waals surface area contributed by atoms with Crippen LogP contribution in [0.25, 0.3) is 20.5 Å². The van der Waals surface area contributed by atoms with Gasteiger partial charge in [0, 0.05) is 21.9 Å². The van der Waals surface area contributed by atoms with Crippen LogP contribution in [0.1, 0.15) is 18.5 Å². The van der Waals surface area contributed by atoms with Crippen molar-refractivity contribution in [3.05, 3.63) is 41.0 Å². The number of hydrogen-bond acceptors (Lipinski definition) is 6. The lowest BCUT2D eigenvalue weighted by atomic mass is 10.1. The number of carbonyl (C=O) groups excluding carboxylic acids is 1. The molecule has 3 heterocycles. The number of primary amides is 1. The summed E-state index contributed by atoms with van der Waals surface area (Å²) in [5.74, 6) is 0.281. The molecule has 27 heavy (non-hydrogen) atoms. The number of rotatable bonds is 5. The maximum absolute atomic E-state index is 11.4. The number of benzene rings is 1. The number of halogens is 1. The molecule has 1 aliphatic rings. The molecule has 6 nitrogen and oxygen atoms in total. The summed E-state index contributed by atoms with van der Waals surface area (Å²) in [5, 5.41) is 13.7. The molecule has 140 valence electrons. The number of carbonyl (C=O) groups is 1. The number of nitrogens with one attached hydrogen (secondary N) is 1. The first-order valence-electron chi connectivity index (χ1n) is 8.78. The summed E-state index contributed by atoms with van der Waals surface area (Å²) in [5.41, 5.74) is 7.00. The third kappa shape index (κ3) is 4.05. The van der Waals surface area contributed by atoms with Gasteiger partial charge in [-0.1, -0.05) is 23.7 Å². The van der Waals surface area contributed by atoms with Crippen LogP contribution in [0.4, 0.5) is 5.82 Å². The van der Waals surface area contributed by atoms with Gasteiger partial charge >= 0.3 is 0 Å².